The van der Waals surface area contributed by atoms with E-state index < -0.39 is 6.09 Å². The fourth-order valence-electron chi connectivity index (χ4n) is 5.32. The van der Waals surface area contributed by atoms with E-state index in [0.717, 1.165) is 40.8 Å². The fraction of sp³-hybridized carbons (Fsp3) is 0.259. The normalized spacial score (nSPS) is 14.6. The molecule has 9 heteroatoms. The van der Waals surface area contributed by atoms with Crippen LogP contribution in [-0.4, -0.2) is 54.2 Å². The average Bonchev–Trinajstić information content (AvgIpc) is 3.62. The van der Waals surface area contributed by atoms with E-state index in [2.05, 4.69) is 14.5 Å². The topological polar surface area (TPSA) is 106 Å². The third kappa shape index (κ3) is 3.64. The van der Waals surface area contributed by atoms with Crippen molar-refractivity contribution in [3.05, 3.63) is 72.6 Å². The summed E-state index contributed by atoms with van der Waals surface area (Å²) >= 11 is 0. The number of nitrogens with zero attached hydrogens (tertiary/aromatic N) is 5. The van der Waals surface area contributed by atoms with Crippen LogP contribution >= 0.6 is 0 Å². The van der Waals surface area contributed by atoms with Crippen LogP contribution in [0.15, 0.2) is 65.7 Å². The van der Waals surface area contributed by atoms with Crippen molar-refractivity contribution in [3.8, 4) is 11.3 Å². The number of benzene rings is 1. The smallest absolute Gasteiger partial charge is 0.416 e. The van der Waals surface area contributed by atoms with Crippen LogP contribution in [0.2, 0.25) is 0 Å². The first-order chi connectivity index (χ1) is 17.5. The maximum Gasteiger partial charge on any atom is 0.416 e. The molecule has 1 saturated heterocycles. The van der Waals surface area contributed by atoms with Gasteiger partial charge in [0.05, 0.1) is 29.1 Å². The van der Waals surface area contributed by atoms with E-state index in [1.54, 1.807) is 36.9 Å². The third-order valence-corrected chi connectivity index (χ3v) is 7.14. The standard InChI is InChI=1S/C27H25N5O4/c1-17-29-21-14-28-10-7-22(21)31(17)15-18-8-11-30(12-9-18)26(33)20-16-32(27(34)35)23-5-2-4-19(25(20)23)24-6-3-13-36-24/h2-7,10,13-14,16,18H,8-9,11-12,15H2,1H3,(H,34,35). The SMILES string of the molecule is Cc1nc2cnccc2n1CC1CCN(C(=O)c2cn(C(=O)O)c3cccc(-c4ccco4)c23)CC1. The van der Waals surface area contributed by atoms with Crippen molar-refractivity contribution in [2.45, 2.75) is 26.3 Å². The molecule has 36 heavy (non-hydrogen) atoms. The van der Waals surface area contributed by atoms with Crippen molar-refractivity contribution in [1.29, 1.82) is 0 Å². The summed E-state index contributed by atoms with van der Waals surface area (Å²) in [4.78, 5) is 36.2. The number of piperidine rings is 1. The molecule has 1 aliphatic rings. The minimum atomic E-state index is -1.13. The molecule has 9 nitrogen and oxygen atoms in total. The van der Waals surface area contributed by atoms with Crippen LogP contribution in [-0.2, 0) is 6.54 Å². The van der Waals surface area contributed by atoms with E-state index >= 15 is 0 Å². The van der Waals surface area contributed by atoms with Crippen LogP contribution in [0.4, 0.5) is 4.79 Å². The molecule has 0 aliphatic carbocycles. The first-order valence-electron chi connectivity index (χ1n) is 12.0. The van der Waals surface area contributed by atoms with E-state index in [4.69, 9.17) is 4.42 Å². The van der Waals surface area contributed by atoms with Crippen LogP contribution in [0, 0.1) is 12.8 Å². The largest absolute Gasteiger partial charge is 0.464 e. The van der Waals surface area contributed by atoms with Crippen molar-refractivity contribution >= 4 is 33.9 Å². The zero-order chi connectivity index (χ0) is 24.8. The highest BCUT2D eigenvalue weighted by Gasteiger charge is 2.29. The first-order valence-corrected chi connectivity index (χ1v) is 12.0. The number of furan rings is 1. The van der Waals surface area contributed by atoms with Gasteiger partial charge in [0.2, 0.25) is 0 Å². The molecule has 182 valence electrons. The van der Waals surface area contributed by atoms with E-state index in [1.165, 1.54) is 6.20 Å². The molecule has 0 unspecified atom stereocenters. The first kappa shape index (κ1) is 22.1. The Morgan fingerprint density at radius 2 is 1.94 bits per heavy atom. The molecule has 0 radical (unpaired) electrons. The summed E-state index contributed by atoms with van der Waals surface area (Å²) in [7, 11) is 0. The van der Waals surface area contributed by atoms with Gasteiger partial charge in [0.15, 0.2) is 0 Å². The number of rotatable bonds is 4. The quantitative estimate of drug-likeness (QED) is 0.384. The number of hydrogen-bond acceptors (Lipinski definition) is 5. The highest BCUT2D eigenvalue weighted by atomic mass is 16.4. The van der Waals surface area contributed by atoms with Crippen LogP contribution < -0.4 is 0 Å². The molecule has 6 rings (SSSR count). The fourth-order valence-corrected chi connectivity index (χ4v) is 5.32. The van der Waals surface area contributed by atoms with Crippen LogP contribution in [0.5, 0.6) is 0 Å². The van der Waals surface area contributed by atoms with Gasteiger partial charge in [0.1, 0.15) is 17.1 Å². The number of hydrogen-bond donors (Lipinski definition) is 1. The van der Waals surface area contributed by atoms with Gasteiger partial charge in [-0.05, 0) is 49.9 Å². The number of aryl methyl sites for hydroxylation is 1. The number of carbonyl (C=O) groups is 2. The minimum Gasteiger partial charge on any atom is -0.464 e. The number of carbonyl (C=O) groups excluding carboxylic acids is 1. The monoisotopic (exact) mass is 483 g/mol. The lowest BCUT2D eigenvalue weighted by Crippen LogP contribution is -2.39. The predicted octanol–water partition coefficient (Wildman–Crippen LogP) is 5.03. The highest BCUT2D eigenvalue weighted by molar-refractivity contribution is 6.13. The molecule has 1 aromatic carbocycles. The van der Waals surface area contributed by atoms with Gasteiger partial charge in [-0.2, -0.15) is 0 Å². The van der Waals surface area contributed by atoms with Gasteiger partial charge in [0, 0.05) is 43.0 Å². The Hall–Kier alpha value is -4.40. The van der Waals surface area contributed by atoms with Gasteiger partial charge < -0.3 is 19.0 Å². The lowest BCUT2D eigenvalue weighted by molar-refractivity contribution is 0.0685. The summed E-state index contributed by atoms with van der Waals surface area (Å²) in [5, 5.41) is 10.4. The lowest BCUT2D eigenvalue weighted by atomic mass is 9.95. The summed E-state index contributed by atoms with van der Waals surface area (Å²) in [6.07, 6.45) is 7.15. The molecule has 1 N–H and O–H groups in total. The van der Waals surface area contributed by atoms with E-state index in [-0.39, 0.29) is 5.91 Å². The molecule has 1 aliphatic heterocycles. The van der Waals surface area contributed by atoms with Crippen LogP contribution in [0.3, 0.4) is 0 Å². The minimum absolute atomic E-state index is 0.159. The van der Waals surface area contributed by atoms with E-state index in [1.807, 2.05) is 30.0 Å². The zero-order valence-corrected chi connectivity index (χ0v) is 19.8. The second-order valence-corrected chi connectivity index (χ2v) is 9.24. The molecule has 4 aromatic heterocycles. The Balaban J connectivity index is 1.26. The van der Waals surface area contributed by atoms with E-state index in [9.17, 15) is 14.7 Å². The summed E-state index contributed by atoms with van der Waals surface area (Å²) in [5.74, 6) is 1.81. The highest BCUT2D eigenvalue weighted by Crippen LogP contribution is 2.34. The molecule has 0 atom stereocenters. The molecule has 1 fully saturated rings. The number of imidazole rings is 1. The van der Waals surface area contributed by atoms with Gasteiger partial charge in [-0.15, -0.1) is 0 Å². The second-order valence-electron chi connectivity index (χ2n) is 9.24. The predicted molar refractivity (Wildman–Crippen MR) is 134 cm³/mol. The molecule has 5 heterocycles. The second kappa shape index (κ2) is 8.67. The van der Waals surface area contributed by atoms with Crippen molar-refractivity contribution in [3.63, 3.8) is 0 Å². The summed E-state index contributed by atoms with van der Waals surface area (Å²) in [5.41, 5.74) is 3.51. The summed E-state index contributed by atoms with van der Waals surface area (Å²) in [6.45, 7) is 4.07. The van der Waals surface area contributed by atoms with Gasteiger partial charge in [0.25, 0.3) is 5.91 Å². The van der Waals surface area contributed by atoms with Crippen LogP contribution in [0.1, 0.15) is 29.0 Å². The summed E-state index contributed by atoms with van der Waals surface area (Å²) in [6, 6.07) is 10.9. The number of carboxylic acid groups (broad SMARTS) is 1. The van der Waals surface area contributed by atoms with Gasteiger partial charge in [-0.25, -0.2) is 9.78 Å². The van der Waals surface area contributed by atoms with Crippen LogP contribution in [0.25, 0.3) is 33.3 Å². The van der Waals surface area contributed by atoms with Crippen molar-refractivity contribution in [2.75, 3.05) is 13.1 Å². The van der Waals surface area contributed by atoms with Crippen molar-refractivity contribution < 1.29 is 19.1 Å². The Morgan fingerprint density at radius 1 is 1.11 bits per heavy atom. The van der Waals surface area contributed by atoms with E-state index in [0.29, 0.717) is 46.8 Å². The number of aromatic nitrogens is 4. The maximum absolute atomic E-state index is 13.7. The third-order valence-electron chi connectivity index (χ3n) is 7.14. The van der Waals surface area contributed by atoms with Gasteiger partial charge in [-0.3, -0.25) is 14.3 Å². The molecule has 5 aromatic rings. The van der Waals surface area contributed by atoms with Gasteiger partial charge in [-0.1, -0.05) is 12.1 Å². The lowest BCUT2D eigenvalue weighted by Gasteiger charge is -2.32. The summed E-state index contributed by atoms with van der Waals surface area (Å²) < 4.78 is 8.93. The van der Waals surface area contributed by atoms with Crippen molar-refractivity contribution in [2.24, 2.45) is 5.92 Å². The molecule has 0 spiro atoms. The van der Waals surface area contributed by atoms with Gasteiger partial charge >= 0.3 is 6.09 Å². The Morgan fingerprint density at radius 3 is 2.69 bits per heavy atom. The molecular formula is C27H25N5O4. The van der Waals surface area contributed by atoms with Crippen molar-refractivity contribution in [1.82, 2.24) is 24.0 Å². The number of likely N-dealkylation sites (tertiary alicyclic amines) is 1. The molecule has 1 amide bonds. The number of amides is 1. The molecule has 0 bridgehead atoms. The number of pyridine rings is 1. The Labute approximate surface area is 206 Å². The number of fused-ring (bicyclic) bond motifs is 2. The molecule has 0 saturated carbocycles. The Bertz CT molecular complexity index is 1590. The zero-order valence-electron chi connectivity index (χ0n) is 19.8. The molecular weight excluding hydrogens is 458 g/mol. The maximum atomic E-state index is 13.7. The Kier molecular flexibility index (Phi) is 5.32. The average molecular weight is 484 g/mol.